The van der Waals surface area contributed by atoms with Crippen LogP contribution >= 0.6 is 11.8 Å². The van der Waals surface area contributed by atoms with E-state index in [0.29, 0.717) is 0 Å². The number of hydrogen-bond donors (Lipinski definition) is 1. The lowest BCUT2D eigenvalue weighted by atomic mass is 10.1. The fraction of sp³-hybridized carbons (Fsp3) is 0.571. The molecular weight excluding hydrogens is 230 g/mol. The van der Waals surface area contributed by atoms with E-state index >= 15 is 0 Å². The van der Waals surface area contributed by atoms with Crippen molar-refractivity contribution < 1.29 is 4.74 Å². The Labute approximate surface area is 108 Å². The maximum atomic E-state index is 5.37. The first-order chi connectivity index (χ1) is 8.40. The molecule has 1 heterocycles. The predicted octanol–water partition coefficient (Wildman–Crippen LogP) is 2.72. The molecule has 0 atom stereocenters. The summed E-state index contributed by atoms with van der Waals surface area (Å²) in [4.78, 5) is 0. The molecule has 94 valence electrons. The highest BCUT2D eigenvalue weighted by Crippen LogP contribution is 2.24. The van der Waals surface area contributed by atoms with Crippen LogP contribution in [-0.2, 0) is 6.42 Å². The molecule has 0 radical (unpaired) electrons. The van der Waals surface area contributed by atoms with Crippen LogP contribution in [0.5, 0.6) is 5.75 Å². The number of methoxy groups -OCH3 is 1. The Morgan fingerprint density at radius 2 is 2.06 bits per heavy atom. The Morgan fingerprint density at radius 3 is 2.82 bits per heavy atom. The summed E-state index contributed by atoms with van der Waals surface area (Å²) in [5.74, 6) is 2.23. The van der Waals surface area contributed by atoms with Gasteiger partial charge in [-0.3, -0.25) is 0 Å². The molecule has 0 spiro atoms. The first-order valence-corrected chi connectivity index (χ1v) is 7.39. The molecule has 1 aromatic carbocycles. The van der Waals surface area contributed by atoms with Crippen LogP contribution < -0.4 is 10.1 Å². The topological polar surface area (TPSA) is 21.3 Å². The third-order valence-corrected chi connectivity index (χ3v) is 4.59. The van der Waals surface area contributed by atoms with Crippen molar-refractivity contribution in [2.24, 2.45) is 0 Å². The highest BCUT2D eigenvalue weighted by atomic mass is 32.2. The number of rotatable bonds is 5. The van der Waals surface area contributed by atoms with Gasteiger partial charge in [-0.25, -0.2) is 0 Å². The van der Waals surface area contributed by atoms with E-state index in [9.17, 15) is 0 Å². The molecule has 0 aromatic heterocycles. The van der Waals surface area contributed by atoms with Crippen LogP contribution in [-0.4, -0.2) is 31.2 Å². The highest BCUT2D eigenvalue weighted by Gasteiger charge is 2.13. The average molecular weight is 251 g/mol. The standard InChI is InChI=1S/C14H21NOS/c1-16-14-5-3-2-4-12(14)8-11-17-13-6-9-15-10-7-13/h2-5,13,15H,6-11H2,1H3. The van der Waals surface area contributed by atoms with Crippen LogP contribution in [0.25, 0.3) is 0 Å². The molecule has 1 N–H and O–H groups in total. The minimum absolute atomic E-state index is 0.853. The van der Waals surface area contributed by atoms with Crippen molar-refractivity contribution in [1.82, 2.24) is 5.32 Å². The van der Waals surface area contributed by atoms with E-state index in [2.05, 4.69) is 29.2 Å². The van der Waals surface area contributed by atoms with Crippen LogP contribution in [0.3, 0.4) is 0 Å². The number of hydrogen-bond acceptors (Lipinski definition) is 3. The number of benzene rings is 1. The summed E-state index contributed by atoms with van der Waals surface area (Å²) < 4.78 is 5.37. The summed E-state index contributed by atoms with van der Waals surface area (Å²) in [6, 6.07) is 8.33. The molecular formula is C14H21NOS. The van der Waals surface area contributed by atoms with Crippen molar-refractivity contribution in [1.29, 1.82) is 0 Å². The Bertz CT molecular complexity index is 337. The summed E-state index contributed by atoms with van der Waals surface area (Å²) in [7, 11) is 1.75. The van der Waals surface area contributed by atoms with Gasteiger partial charge in [0.1, 0.15) is 5.75 Å². The van der Waals surface area contributed by atoms with Crippen molar-refractivity contribution in [2.45, 2.75) is 24.5 Å². The van der Waals surface area contributed by atoms with Gasteiger partial charge in [0.2, 0.25) is 0 Å². The quantitative estimate of drug-likeness (QED) is 0.869. The van der Waals surface area contributed by atoms with Crippen LogP contribution in [0.2, 0.25) is 0 Å². The number of nitrogens with one attached hydrogen (secondary N) is 1. The minimum atomic E-state index is 0.853. The fourth-order valence-corrected chi connectivity index (χ4v) is 3.45. The van der Waals surface area contributed by atoms with Gasteiger partial charge in [0, 0.05) is 5.25 Å². The van der Waals surface area contributed by atoms with E-state index in [-0.39, 0.29) is 0 Å². The van der Waals surface area contributed by atoms with E-state index in [1.54, 1.807) is 7.11 Å². The molecule has 17 heavy (non-hydrogen) atoms. The van der Waals surface area contributed by atoms with Crippen LogP contribution in [0.15, 0.2) is 24.3 Å². The summed E-state index contributed by atoms with van der Waals surface area (Å²) in [5.41, 5.74) is 1.33. The van der Waals surface area contributed by atoms with Crippen molar-refractivity contribution in [3.63, 3.8) is 0 Å². The van der Waals surface area contributed by atoms with E-state index in [4.69, 9.17) is 4.74 Å². The molecule has 0 unspecified atom stereocenters. The second-order valence-electron chi connectivity index (χ2n) is 4.38. The normalized spacial score (nSPS) is 17.0. The van der Waals surface area contributed by atoms with Gasteiger partial charge in [-0.1, -0.05) is 18.2 Å². The first-order valence-electron chi connectivity index (χ1n) is 6.34. The first kappa shape index (κ1) is 12.8. The second kappa shape index (κ2) is 6.92. The Morgan fingerprint density at radius 1 is 1.29 bits per heavy atom. The zero-order valence-corrected chi connectivity index (χ0v) is 11.3. The van der Waals surface area contributed by atoms with Crippen LogP contribution in [0, 0.1) is 0 Å². The number of para-hydroxylation sites is 1. The lowest BCUT2D eigenvalue weighted by molar-refractivity contribution is 0.410. The fourth-order valence-electron chi connectivity index (χ4n) is 2.21. The van der Waals surface area contributed by atoms with Gasteiger partial charge < -0.3 is 10.1 Å². The second-order valence-corrected chi connectivity index (χ2v) is 5.79. The van der Waals surface area contributed by atoms with Gasteiger partial charge in [-0.15, -0.1) is 0 Å². The lowest BCUT2D eigenvalue weighted by Gasteiger charge is -2.22. The van der Waals surface area contributed by atoms with E-state index < -0.39 is 0 Å². The van der Waals surface area contributed by atoms with Crippen molar-refractivity contribution >= 4 is 11.8 Å². The third kappa shape index (κ3) is 3.93. The third-order valence-electron chi connectivity index (χ3n) is 3.20. The molecule has 1 fully saturated rings. The van der Waals surface area contributed by atoms with Crippen molar-refractivity contribution in [3.05, 3.63) is 29.8 Å². The number of thioether (sulfide) groups is 1. The number of piperidine rings is 1. The average Bonchev–Trinajstić information content (AvgIpc) is 2.40. The van der Waals surface area contributed by atoms with Gasteiger partial charge in [-0.2, -0.15) is 11.8 Å². The molecule has 1 aliphatic heterocycles. The molecule has 1 aliphatic rings. The zero-order valence-electron chi connectivity index (χ0n) is 10.4. The van der Waals surface area contributed by atoms with E-state index in [0.717, 1.165) is 17.4 Å². The molecule has 0 aliphatic carbocycles. The monoisotopic (exact) mass is 251 g/mol. The molecule has 0 saturated carbocycles. The predicted molar refractivity (Wildman–Crippen MR) is 75.0 cm³/mol. The Hall–Kier alpha value is -0.670. The summed E-state index contributed by atoms with van der Waals surface area (Å²) in [6.45, 7) is 2.37. The van der Waals surface area contributed by atoms with Gasteiger partial charge >= 0.3 is 0 Å². The van der Waals surface area contributed by atoms with E-state index in [1.165, 1.54) is 37.2 Å². The van der Waals surface area contributed by atoms with Crippen LogP contribution in [0.4, 0.5) is 0 Å². The van der Waals surface area contributed by atoms with Gasteiger partial charge in [0.05, 0.1) is 7.11 Å². The summed E-state index contributed by atoms with van der Waals surface area (Å²) >= 11 is 2.12. The number of aryl methyl sites for hydroxylation is 1. The van der Waals surface area contributed by atoms with Crippen molar-refractivity contribution in [2.75, 3.05) is 26.0 Å². The molecule has 0 bridgehead atoms. The van der Waals surface area contributed by atoms with Gasteiger partial charge in [0.15, 0.2) is 0 Å². The highest BCUT2D eigenvalue weighted by molar-refractivity contribution is 7.99. The molecule has 2 nitrogen and oxygen atoms in total. The SMILES string of the molecule is COc1ccccc1CCSC1CCNCC1. The lowest BCUT2D eigenvalue weighted by Crippen LogP contribution is -2.29. The summed E-state index contributed by atoms with van der Waals surface area (Å²) in [5, 5.41) is 4.26. The number of ether oxygens (including phenoxy) is 1. The zero-order chi connectivity index (χ0) is 11.9. The van der Waals surface area contributed by atoms with Gasteiger partial charge in [0.25, 0.3) is 0 Å². The maximum Gasteiger partial charge on any atom is 0.122 e. The minimum Gasteiger partial charge on any atom is -0.496 e. The smallest absolute Gasteiger partial charge is 0.122 e. The Kier molecular flexibility index (Phi) is 5.20. The largest absolute Gasteiger partial charge is 0.496 e. The molecule has 1 saturated heterocycles. The van der Waals surface area contributed by atoms with Crippen molar-refractivity contribution in [3.8, 4) is 5.75 Å². The summed E-state index contributed by atoms with van der Waals surface area (Å²) in [6.07, 6.45) is 3.74. The Balaban J connectivity index is 1.77. The molecule has 3 heteroatoms. The molecule has 1 aromatic rings. The molecule has 0 amide bonds. The molecule has 2 rings (SSSR count). The van der Waals surface area contributed by atoms with Crippen LogP contribution in [0.1, 0.15) is 18.4 Å². The van der Waals surface area contributed by atoms with Gasteiger partial charge in [-0.05, 0) is 49.7 Å². The van der Waals surface area contributed by atoms with E-state index in [1.807, 2.05) is 12.1 Å². The maximum absolute atomic E-state index is 5.37.